The third-order valence-corrected chi connectivity index (χ3v) is 19.1. The molecule has 2 nitrogen and oxygen atoms in total. The normalized spacial score (nSPS) is 20.2. The van der Waals surface area contributed by atoms with Gasteiger partial charge in [0.1, 0.15) is 0 Å². The van der Waals surface area contributed by atoms with E-state index >= 15 is 0 Å². The van der Waals surface area contributed by atoms with Crippen molar-refractivity contribution < 1.29 is 26.8 Å². The van der Waals surface area contributed by atoms with Gasteiger partial charge < -0.3 is 0 Å². The second kappa shape index (κ2) is 9.83. The van der Waals surface area contributed by atoms with Crippen molar-refractivity contribution in [2.45, 2.75) is 21.6 Å². The number of hydrogen-bond acceptors (Lipinski definition) is 3. The molecule has 0 saturated heterocycles. The Bertz CT molecular complexity index is 1650. The minimum atomic E-state index is -4.19. The Hall–Kier alpha value is -1.53. The second-order valence-corrected chi connectivity index (χ2v) is 20.5. The van der Waals surface area contributed by atoms with Crippen LogP contribution in [-0.2, 0) is 26.8 Å². The van der Waals surface area contributed by atoms with Gasteiger partial charge in [-0.2, -0.15) is 0 Å². The Morgan fingerprint density at radius 3 is 1.92 bits per heavy atom. The molecule has 4 aromatic rings. The van der Waals surface area contributed by atoms with Crippen molar-refractivity contribution in [3.05, 3.63) is 134 Å². The second-order valence-electron chi connectivity index (χ2n) is 9.79. The fraction of sp³-hybridized carbons (Fsp3) is 0.125. The SMILES string of the molecule is C[O][Zr]1([O]C)[C]2=Cc3cc(cc(Br)c3C2c2ccccc2)Sc2ccc(Br)c3c2C=[C]1C3c1ccccc1. The van der Waals surface area contributed by atoms with Gasteiger partial charge in [0, 0.05) is 0 Å². The first-order chi connectivity index (χ1) is 18.6. The van der Waals surface area contributed by atoms with Crippen molar-refractivity contribution in [2.75, 3.05) is 14.2 Å². The van der Waals surface area contributed by atoms with Crippen molar-refractivity contribution in [1.82, 2.24) is 0 Å². The van der Waals surface area contributed by atoms with Gasteiger partial charge in [0.15, 0.2) is 0 Å². The first-order valence-corrected chi connectivity index (χ1v) is 19.4. The molecular weight excluding hydrogens is 699 g/mol. The molecule has 0 spiro atoms. The van der Waals surface area contributed by atoms with E-state index < -0.39 is 21.1 Å². The maximum absolute atomic E-state index is 6.77. The summed E-state index contributed by atoms with van der Waals surface area (Å²) < 4.78 is 18.4. The van der Waals surface area contributed by atoms with E-state index in [0.29, 0.717) is 0 Å². The van der Waals surface area contributed by atoms with Gasteiger partial charge in [-0.3, -0.25) is 0 Å². The molecule has 0 N–H and O–H groups in total. The van der Waals surface area contributed by atoms with Gasteiger partial charge in [0.25, 0.3) is 0 Å². The molecule has 3 aliphatic rings. The minimum absolute atomic E-state index is 0.0608. The number of hydrogen-bond donors (Lipinski definition) is 0. The molecule has 2 aliphatic carbocycles. The van der Waals surface area contributed by atoms with Gasteiger partial charge >= 0.3 is 252 Å². The molecule has 0 fully saturated rings. The van der Waals surface area contributed by atoms with Crippen LogP contribution in [0.4, 0.5) is 0 Å². The summed E-state index contributed by atoms with van der Waals surface area (Å²) in [6.45, 7) is 0. The zero-order chi connectivity index (χ0) is 26.0. The number of rotatable bonds is 4. The van der Waals surface area contributed by atoms with Crippen molar-refractivity contribution in [1.29, 1.82) is 0 Å². The van der Waals surface area contributed by atoms with Gasteiger partial charge in [0.05, 0.1) is 0 Å². The Balaban J connectivity index is 1.58. The topological polar surface area (TPSA) is 18.5 Å². The van der Waals surface area contributed by atoms with Gasteiger partial charge in [-0.05, 0) is 0 Å². The van der Waals surface area contributed by atoms with Crippen LogP contribution in [-0.4, -0.2) is 14.2 Å². The van der Waals surface area contributed by atoms with E-state index in [1.54, 1.807) is 0 Å². The molecule has 0 amide bonds. The predicted octanol–water partition coefficient (Wildman–Crippen LogP) is 9.63. The van der Waals surface area contributed by atoms with Crippen LogP contribution in [0, 0.1) is 0 Å². The molecule has 188 valence electrons. The molecule has 7 rings (SSSR count). The van der Waals surface area contributed by atoms with E-state index in [4.69, 9.17) is 5.63 Å². The van der Waals surface area contributed by atoms with Gasteiger partial charge in [-0.15, -0.1) is 0 Å². The number of halogens is 2. The summed E-state index contributed by atoms with van der Waals surface area (Å²) in [5.74, 6) is 0.129. The summed E-state index contributed by atoms with van der Waals surface area (Å²) in [6, 6.07) is 30.7. The van der Waals surface area contributed by atoms with E-state index in [1.165, 1.54) is 49.7 Å². The standard InChI is InChI=1S/C30H18Br2S.2CH3O.Zr/c31-26-15-16-28(25-14-13-24(30(25)26)20-9-5-2-6-10-20)33-22-17-21-11-12-23(29(21)27(32)18-22)19-7-3-1-4-8-19;2*1-2;/h1-11,14-18,23-24H;2*1H3;/q;2*-1;+2. The average Bonchev–Trinajstić information content (AvgIpc) is 3.53. The van der Waals surface area contributed by atoms with Crippen molar-refractivity contribution in [3.63, 3.8) is 0 Å². The predicted molar refractivity (Wildman–Crippen MR) is 159 cm³/mol. The van der Waals surface area contributed by atoms with E-state index in [0.717, 1.165) is 8.95 Å². The van der Waals surface area contributed by atoms with Crippen LogP contribution in [0.5, 0.6) is 0 Å². The van der Waals surface area contributed by atoms with Crippen LogP contribution in [0.15, 0.2) is 110 Å². The summed E-state index contributed by atoms with van der Waals surface area (Å²) in [5, 5.41) is 0. The first-order valence-electron chi connectivity index (χ1n) is 12.5. The van der Waals surface area contributed by atoms with E-state index in [9.17, 15) is 0 Å². The number of fused-ring (bicyclic) bond motifs is 1. The number of benzene rings is 4. The molecule has 5 bridgehead atoms. The molecule has 4 aromatic carbocycles. The van der Waals surface area contributed by atoms with Gasteiger partial charge in [0.2, 0.25) is 0 Å². The van der Waals surface area contributed by atoms with Crippen molar-refractivity contribution in [3.8, 4) is 0 Å². The zero-order valence-electron chi connectivity index (χ0n) is 20.9. The summed E-state index contributed by atoms with van der Waals surface area (Å²) in [7, 11) is 3.73. The molecule has 1 aliphatic heterocycles. The Kier molecular flexibility index (Phi) is 6.58. The van der Waals surface area contributed by atoms with Crippen LogP contribution in [0.2, 0.25) is 0 Å². The molecular formula is C32H24Br2O2SZr. The van der Waals surface area contributed by atoms with Crippen LogP contribution in [0.1, 0.15) is 45.2 Å². The monoisotopic (exact) mass is 720 g/mol. The molecule has 2 atom stereocenters. The summed E-state index contributed by atoms with van der Waals surface area (Å²) >= 11 is 5.56. The fourth-order valence-electron chi connectivity index (χ4n) is 6.42. The Morgan fingerprint density at radius 2 is 1.29 bits per heavy atom. The molecule has 6 heteroatoms. The first kappa shape index (κ1) is 25.4. The average molecular weight is 724 g/mol. The van der Waals surface area contributed by atoms with Crippen LogP contribution >= 0.6 is 43.6 Å². The Morgan fingerprint density at radius 1 is 0.684 bits per heavy atom. The number of allylic oxidation sites excluding steroid dienone is 2. The van der Waals surface area contributed by atoms with Crippen molar-refractivity contribution in [2.24, 2.45) is 0 Å². The summed E-state index contributed by atoms with van der Waals surface area (Å²) in [6.07, 6.45) is 4.80. The van der Waals surface area contributed by atoms with Gasteiger partial charge in [-0.1, -0.05) is 0 Å². The summed E-state index contributed by atoms with van der Waals surface area (Å²) in [5.41, 5.74) is 7.65. The van der Waals surface area contributed by atoms with E-state index in [-0.39, 0.29) is 11.8 Å². The van der Waals surface area contributed by atoms with Crippen LogP contribution in [0.25, 0.3) is 12.2 Å². The quantitative estimate of drug-likeness (QED) is 0.209. The Labute approximate surface area is 250 Å². The third-order valence-electron chi connectivity index (χ3n) is 7.97. The molecule has 2 unspecified atom stereocenters. The molecule has 0 saturated carbocycles. The van der Waals surface area contributed by atoms with Crippen LogP contribution in [0.3, 0.4) is 0 Å². The van der Waals surface area contributed by atoms with Gasteiger partial charge in [-0.25, -0.2) is 0 Å². The van der Waals surface area contributed by atoms with Crippen LogP contribution < -0.4 is 0 Å². The van der Waals surface area contributed by atoms with E-state index in [1.807, 2.05) is 26.0 Å². The molecule has 0 aromatic heterocycles. The zero-order valence-corrected chi connectivity index (χ0v) is 27.3. The van der Waals surface area contributed by atoms with Crippen molar-refractivity contribution >= 4 is 55.8 Å². The third kappa shape index (κ3) is 3.75. The summed E-state index contributed by atoms with van der Waals surface area (Å²) in [4.78, 5) is 2.47. The molecule has 1 heterocycles. The molecule has 0 radical (unpaired) electrons. The molecule has 38 heavy (non-hydrogen) atoms. The maximum atomic E-state index is 6.77. The van der Waals surface area contributed by atoms with E-state index in [2.05, 4.69) is 129 Å². The fourth-order valence-corrected chi connectivity index (χ4v) is 17.5.